The molecule has 0 aliphatic heterocycles. The average Bonchev–Trinajstić information content (AvgIpc) is 2.45. The van der Waals surface area contributed by atoms with E-state index in [4.69, 9.17) is 5.73 Å². The van der Waals surface area contributed by atoms with Crippen molar-refractivity contribution in [3.8, 4) is 0 Å². The molecule has 72 valence electrons. The first kappa shape index (κ1) is 9.73. The van der Waals surface area contributed by atoms with Crippen LogP contribution in [0.25, 0.3) is 0 Å². The molecule has 0 aliphatic rings. The maximum Gasteiger partial charge on any atom is 0.231 e. The summed E-state index contributed by atoms with van der Waals surface area (Å²) < 4.78 is 1.75. The molecular weight excluding hydrogens is 168 g/mol. The van der Waals surface area contributed by atoms with Crippen LogP contribution in [0.15, 0.2) is 12.4 Å². The fourth-order valence-corrected chi connectivity index (χ4v) is 1.05. The van der Waals surface area contributed by atoms with Crippen molar-refractivity contribution in [3.63, 3.8) is 0 Å². The number of amides is 1. The van der Waals surface area contributed by atoms with Crippen molar-refractivity contribution in [2.75, 3.05) is 13.1 Å². The van der Waals surface area contributed by atoms with Gasteiger partial charge in [0.2, 0.25) is 5.91 Å². The molecule has 5 nitrogen and oxygen atoms in total. The maximum absolute atomic E-state index is 10.4. The Morgan fingerprint density at radius 3 is 3.08 bits per heavy atom. The topological polar surface area (TPSA) is 72.9 Å². The van der Waals surface area contributed by atoms with E-state index in [1.807, 2.05) is 19.4 Å². The lowest BCUT2D eigenvalue weighted by Gasteiger charge is -1.98. The van der Waals surface area contributed by atoms with E-state index in [2.05, 4.69) is 10.4 Å². The van der Waals surface area contributed by atoms with Crippen LogP contribution >= 0.6 is 0 Å². The van der Waals surface area contributed by atoms with Crippen LogP contribution in [0.3, 0.4) is 0 Å². The number of nitrogens with zero attached hydrogens (tertiary/aromatic N) is 2. The van der Waals surface area contributed by atoms with Crippen LogP contribution in [0.1, 0.15) is 5.56 Å². The van der Waals surface area contributed by atoms with E-state index in [1.165, 1.54) is 0 Å². The van der Waals surface area contributed by atoms with Gasteiger partial charge in [-0.3, -0.25) is 9.48 Å². The number of nitrogens with one attached hydrogen (secondary N) is 1. The Morgan fingerprint density at radius 1 is 1.77 bits per heavy atom. The largest absolute Gasteiger partial charge is 0.369 e. The van der Waals surface area contributed by atoms with Gasteiger partial charge in [-0.1, -0.05) is 0 Å². The highest BCUT2D eigenvalue weighted by atomic mass is 16.1. The zero-order valence-electron chi connectivity index (χ0n) is 7.66. The summed E-state index contributed by atoms with van der Waals surface area (Å²) >= 11 is 0. The lowest BCUT2D eigenvalue weighted by atomic mass is 10.2. The number of carbonyl (C=O) groups is 1. The quantitative estimate of drug-likeness (QED) is 0.576. The average molecular weight is 182 g/mol. The molecule has 0 atom stereocenters. The van der Waals surface area contributed by atoms with E-state index in [0.29, 0.717) is 0 Å². The van der Waals surface area contributed by atoms with Gasteiger partial charge in [-0.25, -0.2) is 0 Å². The lowest BCUT2D eigenvalue weighted by Crippen LogP contribution is -2.29. The Morgan fingerprint density at radius 2 is 2.54 bits per heavy atom. The van der Waals surface area contributed by atoms with Crippen LogP contribution in [-0.2, 0) is 18.3 Å². The van der Waals surface area contributed by atoms with Gasteiger partial charge in [-0.15, -0.1) is 0 Å². The molecule has 0 bridgehead atoms. The van der Waals surface area contributed by atoms with E-state index >= 15 is 0 Å². The smallest absolute Gasteiger partial charge is 0.231 e. The number of primary amides is 1. The molecule has 1 rings (SSSR count). The number of aryl methyl sites for hydroxylation is 1. The third-order valence-electron chi connectivity index (χ3n) is 1.65. The maximum atomic E-state index is 10.4. The van der Waals surface area contributed by atoms with Crippen LogP contribution in [-0.4, -0.2) is 28.8 Å². The molecular formula is C8H14N4O. The van der Waals surface area contributed by atoms with Crippen molar-refractivity contribution in [1.82, 2.24) is 15.1 Å². The third kappa shape index (κ3) is 3.71. The van der Waals surface area contributed by atoms with Gasteiger partial charge >= 0.3 is 0 Å². The number of rotatable bonds is 5. The Labute approximate surface area is 76.9 Å². The van der Waals surface area contributed by atoms with Crippen LogP contribution in [0.2, 0.25) is 0 Å². The zero-order valence-corrected chi connectivity index (χ0v) is 7.66. The number of hydrogen-bond acceptors (Lipinski definition) is 3. The minimum atomic E-state index is -0.328. The van der Waals surface area contributed by atoms with E-state index in [0.717, 1.165) is 18.5 Å². The van der Waals surface area contributed by atoms with Crippen molar-refractivity contribution < 1.29 is 4.79 Å². The Bertz CT molecular complexity index is 281. The second kappa shape index (κ2) is 4.61. The van der Waals surface area contributed by atoms with Gasteiger partial charge in [0.25, 0.3) is 0 Å². The number of hydrogen-bond donors (Lipinski definition) is 2. The van der Waals surface area contributed by atoms with Gasteiger partial charge in [0, 0.05) is 13.2 Å². The molecule has 0 radical (unpaired) electrons. The Hall–Kier alpha value is -1.36. The van der Waals surface area contributed by atoms with Crippen LogP contribution in [0, 0.1) is 0 Å². The molecule has 0 saturated heterocycles. The summed E-state index contributed by atoms with van der Waals surface area (Å²) in [6, 6.07) is 0. The normalized spacial score (nSPS) is 10.2. The van der Waals surface area contributed by atoms with Gasteiger partial charge in [0.05, 0.1) is 12.7 Å². The van der Waals surface area contributed by atoms with E-state index in [-0.39, 0.29) is 12.5 Å². The van der Waals surface area contributed by atoms with Gasteiger partial charge in [0.15, 0.2) is 0 Å². The lowest BCUT2D eigenvalue weighted by molar-refractivity contribution is -0.117. The van der Waals surface area contributed by atoms with E-state index < -0.39 is 0 Å². The van der Waals surface area contributed by atoms with Gasteiger partial charge in [-0.05, 0) is 18.5 Å². The molecule has 1 aromatic heterocycles. The SMILES string of the molecule is Cn1cc(CCNCC(N)=O)cn1. The van der Waals surface area contributed by atoms with E-state index in [1.54, 1.807) is 4.68 Å². The van der Waals surface area contributed by atoms with Crippen molar-refractivity contribution in [1.29, 1.82) is 0 Å². The molecule has 0 fully saturated rings. The second-order valence-corrected chi connectivity index (χ2v) is 2.92. The zero-order chi connectivity index (χ0) is 9.68. The molecule has 13 heavy (non-hydrogen) atoms. The Balaban J connectivity index is 2.16. The molecule has 0 aliphatic carbocycles. The van der Waals surface area contributed by atoms with Crippen LogP contribution < -0.4 is 11.1 Å². The molecule has 5 heteroatoms. The molecule has 1 aromatic rings. The predicted molar refractivity (Wildman–Crippen MR) is 49.0 cm³/mol. The summed E-state index contributed by atoms with van der Waals surface area (Å²) in [7, 11) is 1.88. The van der Waals surface area contributed by atoms with Gasteiger partial charge in [-0.2, -0.15) is 5.10 Å². The number of aromatic nitrogens is 2. The summed E-state index contributed by atoms with van der Waals surface area (Å²) in [5.41, 5.74) is 6.11. The number of nitrogens with two attached hydrogens (primary N) is 1. The number of carbonyl (C=O) groups excluding carboxylic acids is 1. The van der Waals surface area contributed by atoms with Gasteiger partial charge in [0.1, 0.15) is 0 Å². The van der Waals surface area contributed by atoms with Crippen molar-refractivity contribution in [2.24, 2.45) is 12.8 Å². The van der Waals surface area contributed by atoms with Crippen molar-refractivity contribution >= 4 is 5.91 Å². The Kier molecular flexibility index (Phi) is 3.45. The molecule has 0 aromatic carbocycles. The molecule has 3 N–H and O–H groups in total. The highest BCUT2D eigenvalue weighted by Gasteiger charge is 1.96. The highest BCUT2D eigenvalue weighted by molar-refractivity contribution is 5.75. The van der Waals surface area contributed by atoms with E-state index in [9.17, 15) is 4.79 Å². The summed E-state index contributed by atoms with van der Waals surface area (Å²) in [6.07, 6.45) is 4.62. The molecule has 1 heterocycles. The summed E-state index contributed by atoms with van der Waals surface area (Å²) in [4.78, 5) is 10.4. The second-order valence-electron chi connectivity index (χ2n) is 2.92. The minimum Gasteiger partial charge on any atom is -0.369 e. The molecule has 0 unspecified atom stereocenters. The molecule has 1 amide bonds. The van der Waals surface area contributed by atoms with Crippen LogP contribution in [0.4, 0.5) is 0 Å². The molecule has 0 saturated carbocycles. The first-order chi connectivity index (χ1) is 6.18. The minimum absolute atomic E-state index is 0.236. The summed E-state index contributed by atoms with van der Waals surface area (Å²) in [6.45, 7) is 0.981. The summed E-state index contributed by atoms with van der Waals surface area (Å²) in [5.74, 6) is -0.328. The fourth-order valence-electron chi connectivity index (χ4n) is 1.05. The first-order valence-corrected chi connectivity index (χ1v) is 4.15. The third-order valence-corrected chi connectivity index (χ3v) is 1.65. The first-order valence-electron chi connectivity index (χ1n) is 4.15. The van der Waals surface area contributed by atoms with Crippen LogP contribution in [0.5, 0.6) is 0 Å². The fraction of sp³-hybridized carbons (Fsp3) is 0.500. The monoisotopic (exact) mass is 182 g/mol. The van der Waals surface area contributed by atoms with Gasteiger partial charge < -0.3 is 11.1 Å². The highest BCUT2D eigenvalue weighted by Crippen LogP contribution is 1.95. The van der Waals surface area contributed by atoms with Crippen molar-refractivity contribution in [3.05, 3.63) is 18.0 Å². The summed E-state index contributed by atoms with van der Waals surface area (Å²) in [5, 5.41) is 6.96. The predicted octanol–water partition coefficient (Wildman–Crippen LogP) is -0.962. The van der Waals surface area contributed by atoms with Crippen molar-refractivity contribution in [2.45, 2.75) is 6.42 Å². The standard InChI is InChI=1S/C8H14N4O/c1-12-6-7(4-11-12)2-3-10-5-8(9)13/h4,6,10H,2-3,5H2,1H3,(H2,9,13). The molecule has 0 spiro atoms.